The first-order chi connectivity index (χ1) is 10.8. The van der Waals surface area contributed by atoms with Crippen LogP contribution in [0.2, 0.25) is 0 Å². The number of methoxy groups -OCH3 is 1. The van der Waals surface area contributed by atoms with Crippen molar-refractivity contribution in [2.75, 3.05) is 20.2 Å². The van der Waals surface area contributed by atoms with E-state index in [9.17, 15) is 13.2 Å². The summed E-state index contributed by atoms with van der Waals surface area (Å²) in [6, 6.07) is -0.243. The highest BCUT2D eigenvalue weighted by molar-refractivity contribution is 7.89. The second-order valence-electron chi connectivity index (χ2n) is 5.93. The van der Waals surface area contributed by atoms with Crippen LogP contribution in [0, 0.1) is 19.8 Å². The molecule has 1 aromatic rings. The summed E-state index contributed by atoms with van der Waals surface area (Å²) >= 11 is 0. The molecule has 24 heavy (non-hydrogen) atoms. The molecule has 0 aromatic carbocycles. The number of carbonyl (C=O) groups is 1. The molecule has 138 valence electrons. The molecule has 1 saturated heterocycles. The summed E-state index contributed by atoms with van der Waals surface area (Å²) in [5, 5.41) is 3.27. The highest BCUT2D eigenvalue weighted by Gasteiger charge is 2.33. The number of nitrogens with one attached hydrogen (secondary N) is 2. The lowest BCUT2D eigenvalue weighted by molar-refractivity contribution is 0.0594. The molecule has 0 aliphatic carbocycles. The number of ether oxygens (including phenoxy) is 1. The smallest absolute Gasteiger partial charge is 0.342 e. The number of carbonyl (C=O) groups excluding carboxylic acids is 1. The lowest BCUT2D eigenvalue weighted by Gasteiger charge is -2.28. The van der Waals surface area contributed by atoms with Gasteiger partial charge in [-0.15, -0.1) is 12.4 Å². The van der Waals surface area contributed by atoms with Gasteiger partial charge in [0.25, 0.3) is 0 Å². The highest BCUT2D eigenvalue weighted by Crippen LogP contribution is 2.28. The molecular weight excluding hydrogens is 356 g/mol. The first kappa shape index (κ1) is 21.0. The van der Waals surface area contributed by atoms with Crippen LogP contribution in [0.15, 0.2) is 9.31 Å². The molecule has 9 heteroatoms. The lowest BCUT2D eigenvalue weighted by Crippen LogP contribution is -2.44. The van der Waals surface area contributed by atoms with Crippen molar-refractivity contribution in [3.05, 3.63) is 17.1 Å². The van der Waals surface area contributed by atoms with E-state index in [4.69, 9.17) is 4.42 Å². The van der Waals surface area contributed by atoms with Gasteiger partial charge in [-0.2, -0.15) is 0 Å². The van der Waals surface area contributed by atoms with Crippen LogP contribution in [0.5, 0.6) is 0 Å². The Kier molecular flexibility index (Phi) is 7.27. The van der Waals surface area contributed by atoms with Crippen molar-refractivity contribution < 1.29 is 22.4 Å². The molecule has 0 saturated carbocycles. The van der Waals surface area contributed by atoms with Crippen molar-refractivity contribution in [2.24, 2.45) is 5.92 Å². The predicted octanol–water partition coefficient (Wildman–Crippen LogP) is 1.77. The van der Waals surface area contributed by atoms with Gasteiger partial charge in [0.15, 0.2) is 0 Å². The Morgan fingerprint density at radius 2 is 2.04 bits per heavy atom. The van der Waals surface area contributed by atoms with E-state index in [1.807, 2.05) is 6.92 Å². The van der Waals surface area contributed by atoms with E-state index >= 15 is 0 Å². The monoisotopic (exact) mass is 380 g/mol. The molecule has 7 nitrogen and oxygen atoms in total. The summed E-state index contributed by atoms with van der Waals surface area (Å²) < 4.78 is 38.2. The molecule has 2 rings (SSSR count). The maximum Gasteiger partial charge on any atom is 0.342 e. The maximum absolute atomic E-state index is 12.8. The minimum Gasteiger partial charge on any atom is -0.465 e. The number of hydrogen-bond acceptors (Lipinski definition) is 6. The number of halogens is 1. The van der Waals surface area contributed by atoms with Gasteiger partial charge in [0.2, 0.25) is 10.0 Å². The molecule has 2 unspecified atom stereocenters. The van der Waals surface area contributed by atoms with Crippen LogP contribution < -0.4 is 10.0 Å². The first-order valence-electron chi connectivity index (χ1n) is 7.69. The lowest BCUT2D eigenvalue weighted by atomic mass is 9.94. The van der Waals surface area contributed by atoms with Crippen LogP contribution in [0.1, 0.15) is 41.6 Å². The predicted molar refractivity (Wildman–Crippen MR) is 92.1 cm³/mol. The Morgan fingerprint density at radius 1 is 1.38 bits per heavy atom. The van der Waals surface area contributed by atoms with Crippen LogP contribution in [-0.2, 0) is 14.8 Å². The molecule has 0 radical (unpaired) electrons. The first-order valence-corrected chi connectivity index (χ1v) is 9.17. The topological polar surface area (TPSA) is 97.6 Å². The van der Waals surface area contributed by atoms with Crippen LogP contribution in [-0.4, -0.2) is 40.6 Å². The standard InChI is InChI=1S/C15H24N2O5S.ClH/c1-9(12-6-5-7-16-8-12)17-23(19,20)14-11(3)22-10(2)13(14)15(18)21-4;/h9,12,16-17H,5-8H2,1-4H3;1H. The zero-order valence-electron chi connectivity index (χ0n) is 14.3. The number of furan rings is 1. The van der Waals surface area contributed by atoms with Crippen LogP contribution in [0.25, 0.3) is 0 Å². The zero-order valence-corrected chi connectivity index (χ0v) is 16.0. The average Bonchev–Trinajstić information content (AvgIpc) is 2.82. The van der Waals surface area contributed by atoms with Crippen molar-refractivity contribution in [1.82, 2.24) is 10.0 Å². The Morgan fingerprint density at radius 3 is 2.58 bits per heavy atom. The quantitative estimate of drug-likeness (QED) is 0.755. The van der Waals surface area contributed by atoms with Crippen molar-refractivity contribution in [2.45, 2.75) is 44.6 Å². The molecule has 2 atom stereocenters. The fourth-order valence-electron chi connectivity index (χ4n) is 3.03. The maximum atomic E-state index is 12.8. The van der Waals surface area contributed by atoms with Crippen molar-refractivity contribution in [3.8, 4) is 0 Å². The summed E-state index contributed by atoms with van der Waals surface area (Å²) in [6.45, 7) is 6.66. The van der Waals surface area contributed by atoms with Gasteiger partial charge in [0.05, 0.1) is 7.11 Å². The van der Waals surface area contributed by atoms with E-state index in [1.165, 1.54) is 14.0 Å². The van der Waals surface area contributed by atoms with Crippen LogP contribution >= 0.6 is 12.4 Å². The fraction of sp³-hybridized carbons (Fsp3) is 0.667. The van der Waals surface area contributed by atoms with Gasteiger partial charge in [-0.1, -0.05) is 0 Å². The number of hydrogen-bond donors (Lipinski definition) is 2. The van der Waals surface area contributed by atoms with E-state index in [-0.39, 0.29) is 46.3 Å². The van der Waals surface area contributed by atoms with Crippen LogP contribution in [0.4, 0.5) is 0 Å². The van der Waals surface area contributed by atoms with Gasteiger partial charge >= 0.3 is 5.97 Å². The van der Waals surface area contributed by atoms with Crippen molar-refractivity contribution >= 4 is 28.4 Å². The Balaban J connectivity index is 0.00000288. The van der Waals surface area contributed by atoms with Crippen LogP contribution in [0.3, 0.4) is 0 Å². The van der Waals surface area contributed by atoms with E-state index in [0.717, 1.165) is 25.9 Å². The summed E-state index contributed by atoms with van der Waals surface area (Å²) in [5.74, 6) is -0.0776. The van der Waals surface area contributed by atoms with Gasteiger partial charge in [0.1, 0.15) is 22.0 Å². The molecule has 0 bridgehead atoms. The summed E-state index contributed by atoms with van der Waals surface area (Å²) in [7, 11) is -2.66. The second kappa shape index (κ2) is 8.33. The van der Waals surface area contributed by atoms with Gasteiger partial charge in [-0.25, -0.2) is 17.9 Å². The number of rotatable bonds is 5. The third-order valence-corrected chi connectivity index (χ3v) is 5.96. The third-order valence-electron chi connectivity index (χ3n) is 4.25. The number of aryl methyl sites for hydroxylation is 2. The zero-order chi connectivity index (χ0) is 17.2. The largest absolute Gasteiger partial charge is 0.465 e. The number of sulfonamides is 1. The fourth-order valence-corrected chi connectivity index (χ4v) is 4.75. The third kappa shape index (κ3) is 4.30. The van der Waals surface area contributed by atoms with Gasteiger partial charge < -0.3 is 14.5 Å². The SMILES string of the molecule is COC(=O)c1c(C)oc(C)c1S(=O)(=O)NC(C)C1CCCNC1.Cl. The minimum absolute atomic E-state index is 0. The molecule has 1 fully saturated rings. The van der Waals surface area contributed by atoms with E-state index in [1.54, 1.807) is 6.92 Å². The molecule has 1 aliphatic heterocycles. The van der Waals surface area contributed by atoms with Crippen molar-refractivity contribution in [3.63, 3.8) is 0 Å². The van der Waals surface area contributed by atoms with Gasteiger partial charge in [-0.05, 0) is 52.6 Å². The second-order valence-corrected chi connectivity index (χ2v) is 7.58. The molecule has 1 aliphatic rings. The molecule has 0 spiro atoms. The summed E-state index contributed by atoms with van der Waals surface area (Å²) in [5.41, 5.74) is -0.0357. The Bertz CT molecular complexity index is 680. The number of piperidine rings is 1. The minimum atomic E-state index is -3.88. The highest BCUT2D eigenvalue weighted by atomic mass is 35.5. The van der Waals surface area contributed by atoms with Crippen molar-refractivity contribution in [1.29, 1.82) is 0 Å². The van der Waals surface area contributed by atoms with E-state index < -0.39 is 16.0 Å². The number of esters is 1. The molecular formula is C15H25ClN2O5S. The molecule has 1 aromatic heterocycles. The molecule has 0 amide bonds. The van der Waals surface area contributed by atoms with Gasteiger partial charge in [0, 0.05) is 6.04 Å². The van der Waals surface area contributed by atoms with E-state index in [0.29, 0.717) is 0 Å². The summed E-state index contributed by atoms with van der Waals surface area (Å²) in [4.78, 5) is 11.8. The summed E-state index contributed by atoms with van der Waals surface area (Å²) in [6.07, 6.45) is 1.98. The average molecular weight is 381 g/mol. The normalized spacial score (nSPS) is 19.4. The molecule has 2 heterocycles. The Hall–Kier alpha value is -1.09. The molecule has 2 N–H and O–H groups in total. The van der Waals surface area contributed by atoms with E-state index in [2.05, 4.69) is 14.8 Å². The Labute approximate surface area is 149 Å². The van der Waals surface area contributed by atoms with Gasteiger partial charge in [-0.3, -0.25) is 0 Å².